The van der Waals surface area contributed by atoms with E-state index in [4.69, 9.17) is 23.2 Å². The van der Waals surface area contributed by atoms with Crippen LogP contribution in [0.1, 0.15) is 63.6 Å². The van der Waals surface area contributed by atoms with Crippen molar-refractivity contribution in [1.29, 1.82) is 0 Å². The number of rotatable bonds is 12. The zero-order valence-corrected chi connectivity index (χ0v) is 27.2. The van der Waals surface area contributed by atoms with Gasteiger partial charge in [0.05, 0.1) is 10.6 Å². The maximum Gasteiger partial charge on any atom is 0.264 e. The van der Waals surface area contributed by atoms with Crippen molar-refractivity contribution in [3.8, 4) is 0 Å². The van der Waals surface area contributed by atoms with Gasteiger partial charge in [-0.25, -0.2) is 8.42 Å². The molecule has 0 spiro atoms. The third-order valence-corrected chi connectivity index (χ3v) is 9.63. The van der Waals surface area contributed by atoms with E-state index in [1.165, 1.54) is 17.0 Å². The van der Waals surface area contributed by atoms with Crippen molar-refractivity contribution in [2.45, 2.75) is 77.4 Å². The Balaban J connectivity index is 2.06. The molecule has 3 aromatic carbocycles. The van der Waals surface area contributed by atoms with Gasteiger partial charge >= 0.3 is 0 Å². The standard InChI is InChI=1S/C32H39Cl2N3O4S/c1-7-23(5)35-32(39)24(6)36(19-26-10-13-27(33)18-30(26)34)31(38)20-37(28-14-11-25(12-15-28)21(2)3)42(40,41)29-16-8-22(4)9-17-29/h8-18,21,23-24H,7,19-20H2,1-6H3,(H,35,39)/t23-,24+/m1/s1. The second-order valence-corrected chi connectivity index (χ2v) is 13.5. The van der Waals surface area contributed by atoms with Crippen LogP contribution in [0.5, 0.6) is 0 Å². The van der Waals surface area contributed by atoms with Crippen LogP contribution in [0.3, 0.4) is 0 Å². The lowest BCUT2D eigenvalue weighted by Crippen LogP contribution is -2.52. The smallest absolute Gasteiger partial charge is 0.264 e. The highest BCUT2D eigenvalue weighted by atomic mass is 35.5. The van der Waals surface area contributed by atoms with Crippen molar-refractivity contribution >= 4 is 50.7 Å². The number of anilines is 1. The SMILES string of the molecule is CC[C@@H](C)NC(=O)[C@H](C)N(Cc1ccc(Cl)cc1Cl)C(=O)CN(c1ccc(C(C)C)cc1)S(=O)(=O)c1ccc(C)cc1. The number of benzene rings is 3. The molecule has 0 saturated heterocycles. The maximum atomic E-state index is 14.1. The topological polar surface area (TPSA) is 86.8 Å². The average Bonchev–Trinajstić information content (AvgIpc) is 2.95. The van der Waals surface area contributed by atoms with Crippen LogP contribution in [0, 0.1) is 6.92 Å². The lowest BCUT2D eigenvalue weighted by molar-refractivity contribution is -0.139. The van der Waals surface area contributed by atoms with E-state index in [0.717, 1.165) is 15.4 Å². The van der Waals surface area contributed by atoms with Crippen LogP contribution in [-0.4, -0.2) is 43.8 Å². The Morgan fingerprint density at radius 1 is 0.905 bits per heavy atom. The number of sulfonamides is 1. The van der Waals surface area contributed by atoms with E-state index in [0.29, 0.717) is 27.7 Å². The predicted molar refractivity (Wildman–Crippen MR) is 171 cm³/mol. The highest BCUT2D eigenvalue weighted by Gasteiger charge is 2.33. The number of hydrogen-bond donors (Lipinski definition) is 1. The van der Waals surface area contributed by atoms with Gasteiger partial charge in [0.25, 0.3) is 10.0 Å². The van der Waals surface area contributed by atoms with Crippen molar-refractivity contribution in [1.82, 2.24) is 10.2 Å². The molecule has 2 atom stereocenters. The van der Waals surface area contributed by atoms with Crippen LogP contribution in [-0.2, 0) is 26.2 Å². The van der Waals surface area contributed by atoms with Crippen molar-refractivity contribution in [3.05, 3.63) is 93.5 Å². The van der Waals surface area contributed by atoms with E-state index in [-0.39, 0.29) is 29.3 Å². The minimum atomic E-state index is -4.15. The molecular formula is C32H39Cl2N3O4S. The highest BCUT2D eigenvalue weighted by molar-refractivity contribution is 7.92. The van der Waals surface area contributed by atoms with Crippen LogP contribution in [0.2, 0.25) is 10.0 Å². The fourth-order valence-corrected chi connectivity index (χ4v) is 6.16. The Morgan fingerprint density at radius 2 is 1.52 bits per heavy atom. The monoisotopic (exact) mass is 631 g/mol. The molecule has 3 rings (SSSR count). The summed E-state index contributed by atoms with van der Waals surface area (Å²) in [7, 11) is -4.15. The molecule has 0 fully saturated rings. The molecule has 0 heterocycles. The Labute approximate surface area is 259 Å². The summed E-state index contributed by atoms with van der Waals surface area (Å²) in [4.78, 5) is 28.7. The van der Waals surface area contributed by atoms with Gasteiger partial charge in [0.1, 0.15) is 12.6 Å². The zero-order chi connectivity index (χ0) is 31.2. The van der Waals surface area contributed by atoms with E-state index >= 15 is 0 Å². The molecule has 0 aliphatic heterocycles. The minimum absolute atomic E-state index is 0.0192. The van der Waals surface area contributed by atoms with E-state index in [1.807, 2.05) is 46.8 Å². The number of halogens is 2. The molecule has 2 amide bonds. The summed E-state index contributed by atoms with van der Waals surface area (Å²) in [6.45, 7) is 10.9. The molecule has 0 aliphatic carbocycles. The summed E-state index contributed by atoms with van der Waals surface area (Å²) in [6, 6.07) is 17.5. The first-order valence-electron chi connectivity index (χ1n) is 14.0. The quantitative estimate of drug-likeness (QED) is 0.234. The van der Waals surface area contributed by atoms with Gasteiger partial charge in [-0.05, 0) is 80.6 Å². The predicted octanol–water partition coefficient (Wildman–Crippen LogP) is 6.95. The first-order valence-corrected chi connectivity index (χ1v) is 16.2. The molecule has 0 bridgehead atoms. The molecule has 10 heteroatoms. The van der Waals surface area contributed by atoms with Gasteiger partial charge in [-0.2, -0.15) is 0 Å². The molecule has 0 unspecified atom stereocenters. The van der Waals surface area contributed by atoms with Crippen LogP contribution in [0.25, 0.3) is 0 Å². The Kier molecular flexibility index (Phi) is 11.5. The molecule has 226 valence electrons. The van der Waals surface area contributed by atoms with Crippen LogP contribution < -0.4 is 9.62 Å². The molecule has 0 aliphatic rings. The number of aryl methyl sites for hydroxylation is 1. The van der Waals surface area contributed by atoms with Crippen LogP contribution in [0.4, 0.5) is 5.69 Å². The number of nitrogens with one attached hydrogen (secondary N) is 1. The lowest BCUT2D eigenvalue weighted by Gasteiger charge is -2.32. The maximum absolute atomic E-state index is 14.1. The largest absolute Gasteiger partial charge is 0.352 e. The number of hydrogen-bond acceptors (Lipinski definition) is 4. The highest BCUT2D eigenvalue weighted by Crippen LogP contribution is 2.28. The van der Waals surface area contributed by atoms with E-state index in [9.17, 15) is 18.0 Å². The van der Waals surface area contributed by atoms with Gasteiger partial charge in [0.2, 0.25) is 11.8 Å². The molecule has 7 nitrogen and oxygen atoms in total. The molecule has 1 N–H and O–H groups in total. The van der Waals surface area contributed by atoms with E-state index < -0.39 is 28.5 Å². The third kappa shape index (κ3) is 8.27. The van der Waals surface area contributed by atoms with Crippen LogP contribution >= 0.6 is 23.2 Å². The van der Waals surface area contributed by atoms with E-state index in [2.05, 4.69) is 5.32 Å². The van der Waals surface area contributed by atoms with Crippen molar-refractivity contribution < 1.29 is 18.0 Å². The number of carbonyl (C=O) groups excluding carboxylic acids is 2. The Morgan fingerprint density at radius 3 is 2.07 bits per heavy atom. The minimum Gasteiger partial charge on any atom is -0.352 e. The summed E-state index contributed by atoms with van der Waals surface area (Å²) in [5, 5.41) is 3.69. The molecule has 0 aromatic heterocycles. The molecule has 0 radical (unpaired) electrons. The van der Waals surface area contributed by atoms with Gasteiger partial charge in [-0.3, -0.25) is 13.9 Å². The molecule has 0 saturated carbocycles. The van der Waals surface area contributed by atoms with Gasteiger partial charge in [-0.15, -0.1) is 0 Å². The average molecular weight is 633 g/mol. The fraction of sp³-hybridized carbons (Fsp3) is 0.375. The molecule has 3 aromatic rings. The summed E-state index contributed by atoms with van der Waals surface area (Å²) in [5.74, 6) is -0.666. The van der Waals surface area contributed by atoms with Crippen molar-refractivity contribution in [2.24, 2.45) is 0 Å². The summed E-state index contributed by atoms with van der Waals surface area (Å²) < 4.78 is 29.1. The normalized spacial score (nSPS) is 13.0. The van der Waals surface area contributed by atoms with Gasteiger partial charge < -0.3 is 10.2 Å². The number of amides is 2. The van der Waals surface area contributed by atoms with Crippen LogP contribution in [0.15, 0.2) is 71.6 Å². The summed E-state index contributed by atoms with van der Waals surface area (Å²) >= 11 is 12.5. The van der Waals surface area contributed by atoms with Crippen molar-refractivity contribution in [3.63, 3.8) is 0 Å². The second-order valence-electron chi connectivity index (χ2n) is 10.8. The summed E-state index contributed by atoms with van der Waals surface area (Å²) in [5.41, 5.74) is 2.86. The van der Waals surface area contributed by atoms with E-state index in [1.54, 1.807) is 49.4 Å². The molecule has 42 heavy (non-hydrogen) atoms. The fourth-order valence-electron chi connectivity index (χ4n) is 4.27. The first kappa shape index (κ1) is 33.4. The Hall–Kier alpha value is -3.07. The first-order chi connectivity index (χ1) is 19.7. The van der Waals surface area contributed by atoms with Gasteiger partial charge in [0, 0.05) is 22.6 Å². The Bertz CT molecular complexity index is 1490. The van der Waals surface area contributed by atoms with Gasteiger partial charge in [-0.1, -0.05) is 79.9 Å². The number of nitrogens with zero attached hydrogens (tertiary/aromatic N) is 2. The zero-order valence-electron chi connectivity index (χ0n) is 24.9. The number of carbonyl (C=O) groups is 2. The van der Waals surface area contributed by atoms with Gasteiger partial charge in [0.15, 0.2) is 0 Å². The molecular weight excluding hydrogens is 593 g/mol. The lowest BCUT2D eigenvalue weighted by atomic mass is 10.0. The van der Waals surface area contributed by atoms with Crippen molar-refractivity contribution in [2.75, 3.05) is 10.8 Å². The second kappa shape index (κ2) is 14.4. The third-order valence-electron chi connectivity index (χ3n) is 7.26. The summed E-state index contributed by atoms with van der Waals surface area (Å²) in [6.07, 6.45) is 0.713.